The van der Waals surface area contributed by atoms with Gasteiger partial charge in [-0.25, -0.2) is 0 Å². The molecule has 1 aliphatic heterocycles. The highest BCUT2D eigenvalue weighted by atomic mass is 31.0. The fourth-order valence-electron chi connectivity index (χ4n) is 1.05. The van der Waals surface area contributed by atoms with Gasteiger partial charge < -0.3 is 4.74 Å². The largest absolute Gasteiger partial charge is 0.460 e. The van der Waals surface area contributed by atoms with Gasteiger partial charge in [0.25, 0.3) is 0 Å². The maximum atomic E-state index is 11.1. The van der Waals surface area contributed by atoms with Crippen molar-refractivity contribution in [1.82, 2.24) is 4.90 Å². The van der Waals surface area contributed by atoms with Crippen LogP contribution in [0.2, 0.25) is 0 Å². The number of esters is 1. The molecule has 0 N–H and O–H groups in total. The first kappa shape index (κ1) is 12.1. The molecule has 2 amide bonds. The zero-order valence-corrected chi connectivity index (χ0v) is 9.91. The Morgan fingerprint density at radius 1 is 1.47 bits per heavy atom. The highest BCUT2D eigenvalue weighted by molar-refractivity contribution is 7.16. The molecule has 1 unspecified atom stereocenters. The molecule has 0 aliphatic carbocycles. The van der Waals surface area contributed by atoms with Crippen LogP contribution in [0.1, 0.15) is 26.7 Å². The smallest absolute Gasteiger partial charge is 0.326 e. The van der Waals surface area contributed by atoms with Gasteiger partial charge in [-0.05, 0) is 0 Å². The van der Waals surface area contributed by atoms with Crippen molar-refractivity contribution in [2.45, 2.75) is 26.7 Å². The van der Waals surface area contributed by atoms with Gasteiger partial charge >= 0.3 is 5.97 Å². The number of hydrogen-bond donors (Lipinski definition) is 0. The Labute approximate surface area is 92.6 Å². The second-order valence-corrected chi connectivity index (χ2v) is 2.82. The van der Waals surface area contributed by atoms with Crippen molar-refractivity contribution in [2.75, 3.05) is 12.9 Å². The van der Waals surface area contributed by atoms with Crippen LogP contribution in [0.15, 0.2) is 0 Å². The van der Waals surface area contributed by atoms with Crippen LogP contribution >= 0.6 is 9.18 Å². The lowest BCUT2D eigenvalue weighted by Crippen LogP contribution is -2.35. The van der Waals surface area contributed by atoms with E-state index in [2.05, 4.69) is 4.74 Å². The average molecular weight is 235 g/mol. The van der Waals surface area contributed by atoms with E-state index in [9.17, 15) is 14.4 Å². The van der Waals surface area contributed by atoms with Gasteiger partial charge in [0, 0.05) is 12.8 Å². The van der Waals surface area contributed by atoms with Crippen molar-refractivity contribution < 1.29 is 19.1 Å². The summed E-state index contributed by atoms with van der Waals surface area (Å²) in [5.74, 6) is -1.30. The summed E-state index contributed by atoms with van der Waals surface area (Å²) in [5, 5.41) is 0. The van der Waals surface area contributed by atoms with Crippen LogP contribution in [0.5, 0.6) is 0 Å². The van der Waals surface area contributed by atoms with Crippen molar-refractivity contribution in [3.63, 3.8) is 0 Å². The maximum absolute atomic E-state index is 11.1. The van der Waals surface area contributed by atoms with Gasteiger partial charge in [0.05, 0.1) is 1.28 Å². The molecule has 6 heteroatoms. The molecule has 5 nitrogen and oxygen atoms in total. The van der Waals surface area contributed by atoms with E-state index >= 15 is 0 Å². The third-order valence-corrected chi connectivity index (χ3v) is 1.82. The van der Waals surface area contributed by atoms with Gasteiger partial charge in [-0.2, -0.15) is 0 Å². The van der Waals surface area contributed by atoms with Gasteiger partial charge in [0.2, 0.25) is 11.8 Å². The van der Waals surface area contributed by atoms with E-state index in [0.29, 0.717) is 0 Å². The minimum atomic E-state index is -0.631. The van der Waals surface area contributed by atoms with Gasteiger partial charge in [-0.15, -0.1) is 0 Å². The summed E-state index contributed by atoms with van der Waals surface area (Å²) in [7, 11) is -0.230. The summed E-state index contributed by atoms with van der Waals surface area (Å²) in [5.41, 5.74) is 0. The maximum Gasteiger partial charge on any atom is 0.326 e. The molecule has 0 saturated carbocycles. The second-order valence-electron chi connectivity index (χ2n) is 2.53. The second kappa shape index (κ2) is 7.35. The Balaban J connectivity index is 0.00000106. The quantitative estimate of drug-likeness (QED) is 0.405. The van der Waals surface area contributed by atoms with E-state index < -0.39 is 5.97 Å². The molecule has 1 rings (SSSR count). The predicted octanol–water partition coefficient (Wildman–Crippen LogP) is 0.537. The van der Waals surface area contributed by atoms with E-state index in [1.54, 1.807) is 0 Å². The number of hydrogen-bond acceptors (Lipinski definition) is 4. The molecule has 1 atom stereocenters. The normalized spacial score (nSPS) is 16.4. The van der Waals surface area contributed by atoms with Crippen LogP contribution in [0.3, 0.4) is 0 Å². The SMILES string of the molecule is CC.[3H]PCOC(=O)CN1C(=O)CCC1=O. The lowest BCUT2D eigenvalue weighted by Gasteiger charge is -2.11. The monoisotopic (exact) mass is 235 g/mol. The average Bonchev–Trinajstić information content (AvgIpc) is 2.61. The first-order valence-electron chi connectivity index (χ1n) is 5.28. The molecule has 0 aromatic rings. The summed E-state index contributed by atoms with van der Waals surface area (Å²) < 4.78 is 11.4. The zero-order valence-electron chi connectivity index (χ0n) is 9.91. The zero-order chi connectivity index (χ0) is 12.6. The lowest BCUT2D eigenvalue weighted by molar-refractivity contribution is -0.150. The molecule has 0 spiro atoms. The molecule has 0 radical (unpaired) electrons. The standard InChI is InChI=1S/C7H10NO4P.C2H6/c9-5-1-2-6(10)8(5)3-7(11)12-4-13;1-2/h1-4,13H2;1-2H3/i13T;. The molecule has 0 aromatic heterocycles. The van der Waals surface area contributed by atoms with Crippen molar-refractivity contribution >= 4 is 27.0 Å². The molecule has 1 fully saturated rings. The number of ether oxygens (including phenoxy) is 1. The van der Waals surface area contributed by atoms with E-state index in [1.165, 1.54) is 0 Å². The van der Waals surface area contributed by atoms with Gasteiger partial charge in [-0.1, -0.05) is 23.0 Å². The minimum Gasteiger partial charge on any atom is -0.460 e. The van der Waals surface area contributed by atoms with Crippen LogP contribution in [0, 0.1) is 0 Å². The Morgan fingerprint density at radius 3 is 2.47 bits per heavy atom. The van der Waals surface area contributed by atoms with Crippen molar-refractivity contribution in [3.8, 4) is 0 Å². The molecule has 86 valence electrons. The summed E-state index contributed by atoms with van der Waals surface area (Å²) in [6.45, 7) is 3.68. The first-order chi connectivity index (χ1) is 7.65. The molecule has 1 aliphatic rings. The lowest BCUT2D eigenvalue weighted by atomic mass is 10.4. The minimum absolute atomic E-state index is 0.0229. The molecular weight excluding hydrogens is 217 g/mol. The number of imide groups is 1. The molecule has 1 saturated heterocycles. The Morgan fingerprint density at radius 2 is 2.00 bits per heavy atom. The number of carbonyl (C=O) groups is 3. The first-order valence-corrected chi connectivity index (χ1v) is 5.49. The number of rotatable bonds is 4. The molecular formula is C9H16NO4P. The number of carbonyl (C=O) groups excluding carboxylic acids is 3. The third kappa shape index (κ3) is 4.38. The van der Waals surface area contributed by atoms with E-state index in [4.69, 9.17) is 1.28 Å². The fraction of sp³-hybridized carbons (Fsp3) is 0.667. The van der Waals surface area contributed by atoms with Gasteiger partial charge in [0.1, 0.15) is 12.9 Å². The van der Waals surface area contributed by atoms with Crippen LogP contribution in [-0.4, -0.2) is 36.9 Å². The Bertz CT molecular complexity index is 256. The van der Waals surface area contributed by atoms with Crippen molar-refractivity contribution in [2.24, 2.45) is 0 Å². The van der Waals surface area contributed by atoms with E-state index in [1.807, 2.05) is 13.8 Å². The number of amides is 2. The fourth-order valence-corrected chi connectivity index (χ4v) is 1.22. The summed E-state index contributed by atoms with van der Waals surface area (Å²) >= 11 is 0. The number of likely N-dealkylation sites (tertiary alicyclic amines) is 1. The van der Waals surface area contributed by atoms with Crippen molar-refractivity contribution in [3.05, 3.63) is 0 Å². The summed E-state index contributed by atoms with van der Waals surface area (Å²) in [6.07, 6.45) is 0.369. The summed E-state index contributed by atoms with van der Waals surface area (Å²) in [6, 6.07) is 0. The van der Waals surface area contributed by atoms with E-state index in [0.717, 1.165) is 4.90 Å². The van der Waals surface area contributed by atoms with Gasteiger partial charge in [0.15, 0.2) is 0 Å². The van der Waals surface area contributed by atoms with Gasteiger partial charge in [-0.3, -0.25) is 19.3 Å². The Kier molecular flexibility index (Phi) is 5.93. The van der Waals surface area contributed by atoms with E-state index in [-0.39, 0.29) is 46.7 Å². The van der Waals surface area contributed by atoms with Crippen LogP contribution < -0.4 is 0 Å². The van der Waals surface area contributed by atoms with Crippen LogP contribution in [-0.2, 0) is 19.1 Å². The molecule has 0 aromatic carbocycles. The highest BCUT2D eigenvalue weighted by Crippen LogP contribution is 2.11. The predicted molar refractivity (Wildman–Crippen MR) is 58.0 cm³/mol. The molecule has 15 heavy (non-hydrogen) atoms. The van der Waals surface area contributed by atoms with Crippen molar-refractivity contribution in [1.29, 1.82) is 1.28 Å². The number of nitrogens with zero attached hydrogens (tertiary/aromatic N) is 1. The highest BCUT2D eigenvalue weighted by Gasteiger charge is 2.30. The molecule has 0 bridgehead atoms. The third-order valence-electron chi connectivity index (χ3n) is 1.68. The van der Waals surface area contributed by atoms with Crippen LogP contribution in [0.25, 0.3) is 0 Å². The summed E-state index contributed by atoms with van der Waals surface area (Å²) in [4.78, 5) is 34.0. The molecule has 1 heterocycles. The topological polar surface area (TPSA) is 63.7 Å². The van der Waals surface area contributed by atoms with Crippen LogP contribution in [0.4, 0.5) is 0 Å². The Hall–Kier alpha value is -0.960.